The van der Waals surface area contributed by atoms with Crippen LogP contribution in [0.25, 0.3) is 0 Å². The lowest BCUT2D eigenvalue weighted by Crippen LogP contribution is -2.61. The van der Waals surface area contributed by atoms with Crippen molar-refractivity contribution in [3.8, 4) is 0 Å². The summed E-state index contributed by atoms with van der Waals surface area (Å²) in [6.07, 6.45) is 1.20. The number of rotatable bonds is 1. The number of alkyl halides is 3. The molecular formula is C16H24Cl2F3N3. The van der Waals surface area contributed by atoms with Gasteiger partial charge in [-0.15, -0.1) is 24.8 Å². The average molecular weight is 386 g/mol. The molecule has 4 rings (SSSR count). The number of nitrogens with one attached hydrogen (secondary N) is 1. The number of aromatic nitrogens is 1. The molecule has 1 aromatic rings. The summed E-state index contributed by atoms with van der Waals surface area (Å²) in [5.41, 5.74) is 0.214. The second-order valence-electron chi connectivity index (χ2n) is 6.81. The van der Waals surface area contributed by atoms with E-state index in [9.17, 15) is 13.2 Å². The predicted octanol–water partition coefficient (Wildman–Crippen LogP) is 3.80. The molecule has 0 bridgehead atoms. The smallest absolute Gasteiger partial charge is 0.338 e. The molecule has 3 nitrogen and oxygen atoms in total. The highest BCUT2D eigenvalue weighted by atomic mass is 35.5. The highest BCUT2D eigenvalue weighted by Gasteiger charge is 2.49. The van der Waals surface area contributed by atoms with Crippen molar-refractivity contribution in [1.29, 1.82) is 0 Å². The van der Waals surface area contributed by atoms with Gasteiger partial charge in [0.25, 0.3) is 0 Å². The van der Waals surface area contributed by atoms with Crippen LogP contribution < -0.4 is 5.32 Å². The lowest BCUT2D eigenvalue weighted by molar-refractivity contribution is -0.145. The van der Waals surface area contributed by atoms with E-state index in [0.29, 0.717) is 12.6 Å². The maximum Gasteiger partial charge on any atom is 0.431 e. The van der Waals surface area contributed by atoms with Gasteiger partial charge in [-0.05, 0) is 50.9 Å². The first-order valence-corrected chi connectivity index (χ1v) is 8.27. The lowest BCUT2D eigenvalue weighted by atomic mass is 9.77. The summed E-state index contributed by atoms with van der Waals surface area (Å²) in [7, 11) is 0. The Balaban J connectivity index is 0.00000104. The number of hydrogen-bond donors (Lipinski definition) is 1. The number of halogens is 5. The monoisotopic (exact) mass is 385 g/mol. The third kappa shape index (κ3) is 2.96. The summed E-state index contributed by atoms with van der Waals surface area (Å²) in [4.78, 5) is 2.53. The molecule has 0 amide bonds. The number of nitrogens with zero attached hydrogens (tertiary/aromatic N) is 2. The summed E-state index contributed by atoms with van der Waals surface area (Å²) in [6.45, 7) is 2.98. The van der Waals surface area contributed by atoms with E-state index in [2.05, 4.69) is 10.2 Å². The normalized spacial score (nSPS) is 23.8. The van der Waals surface area contributed by atoms with Crippen LogP contribution in [0.3, 0.4) is 0 Å². The fraction of sp³-hybridized carbons (Fsp3) is 0.750. The Hall–Kier alpha value is -0.430. The number of fused-ring (bicyclic) bond motifs is 2. The van der Waals surface area contributed by atoms with Crippen LogP contribution in [0.15, 0.2) is 12.1 Å². The van der Waals surface area contributed by atoms with Gasteiger partial charge in [0.15, 0.2) is 0 Å². The Morgan fingerprint density at radius 2 is 1.71 bits per heavy atom. The van der Waals surface area contributed by atoms with Gasteiger partial charge in [0, 0.05) is 24.8 Å². The van der Waals surface area contributed by atoms with Gasteiger partial charge < -0.3 is 9.88 Å². The molecule has 1 saturated heterocycles. The minimum Gasteiger partial charge on any atom is -0.338 e. The van der Waals surface area contributed by atoms with Gasteiger partial charge in [0.2, 0.25) is 0 Å². The molecule has 8 heteroatoms. The van der Waals surface area contributed by atoms with E-state index in [1.54, 1.807) is 10.6 Å². The third-order valence-corrected chi connectivity index (χ3v) is 5.81. The highest BCUT2D eigenvalue weighted by Crippen LogP contribution is 2.46. The molecule has 1 aromatic heterocycles. The van der Waals surface area contributed by atoms with Crippen LogP contribution in [0.5, 0.6) is 0 Å². The second kappa shape index (κ2) is 7.06. The van der Waals surface area contributed by atoms with Crippen molar-refractivity contribution < 1.29 is 13.2 Å². The number of hydrogen-bond acceptors (Lipinski definition) is 2. The summed E-state index contributed by atoms with van der Waals surface area (Å²) in [5, 5.41) is 3.36. The van der Waals surface area contributed by atoms with Crippen molar-refractivity contribution in [1.82, 2.24) is 14.8 Å². The first kappa shape index (κ1) is 19.9. The fourth-order valence-corrected chi connectivity index (χ4v) is 4.55. The molecule has 3 aliphatic rings. The van der Waals surface area contributed by atoms with Crippen molar-refractivity contribution in [3.63, 3.8) is 0 Å². The summed E-state index contributed by atoms with van der Waals surface area (Å²) >= 11 is 0. The van der Waals surface area contributed by atoms with Gasteiger partial charge in [-0.3, -0.25) is 4.90 Å². The van der Waals surface area contributed by atoms with E-state index < -0.39 is 11.9 Å². The van der Waals surface area contributed by atoms with Crippen molar-refractivity contribution in [2.75, 3.05) is 19.6 Å². The van der Waals surface area contributed by atoms with Crippen LogP contribution >= 0.6 is 24.8 Å². The molecule has 0 aromatic carbocycles. The Kier molecular flexibility index (Phi) is 5.85. The molecule has 0 unspecified atom stereocenters. The molecule has 24 heavy (non-hydrogen) atoms. The van der Waals surface area contributed by atoms with E-state index in [1.807, 2.05) is 0 Å². The van der Waals surface area contributed by atoms with Crippen LogP contribution in [-0.4, -0.2) is 35.1 Å². The second-order valence-corrected chi connectivity index (χ2v) is 6.81. The lowest BCUT2D eigenvalue weighted by Gasteiger charge is -2.55. The van der Waals surface area contributed by atoms with E-state index >= 15 is 0 Å². The zero-order valence-electron chi connectivity index (χ0n) is 13.4. The summed E-state index contributed by atoms with van der Waals surface area (Å²) in [6, 6.07) is 3.58. The highest BCUT2D eigenvalue weighted by molar-refractivity contribution is 5.85. The Morgan fingerprint density at radius 3 is 2.25 bits per heavy atom. The van der Waals surface area contributed by atoms with E-state index in [0.717, 1.165) is 38.2 Å². The molecule has 1 saturated carbocycles. The third-order valence-electron chi connectivity index (χ3n) is 5.81. The van der Waals surface area contributed by atoms with Gasteiger partial charge >= 0.3 is 6.18 Å². The van der Waals surface area contributed by atoms with E-state index in [-0.39, 0.29) is 30.4 Å². The van der Waals surface area contributed by atoms with Gasteiger partial charge in [0.1, 0.15) is 5.69 Å². The fourth-order valence-electron chi connectivity index (χ4n) is 4.55. The zero-order chi connectivity index (χ0) is 15.4. The van der Waals surface area contributed by atoms with Crippen LogP contribution in [0.1, 0.15) is 43.5 Å². The number of piperidine rings is 1. The van der Waals surface area contributed by atoms with Gasteiger partial charge in [-0.1, -0.05) is 6.42 Å². The van der Waals surface area contributed by atoms with Crippen molar-refractivity contribution in [2.45, 2.75) is 56.4 Å². The van der Waals surface area contributed by atoms with E-state index in [4.69, 9.17) is 0 Å². The van der Waals surface area contributed by atoms with Gasteiger partial charge in [-0.2, -0.15) is 13.2 Å². The van der Waals surface area contributed by atoms with Gasteiger partial charge in [0.05, 0.1) is 5.54 Å². The van der Waals surface area contributed by atoms with Crippen molar-refractivity contribution in [3.05, 3.63) is 23.5 Å². The SMILES string of the molecule is Cl.Cl.FC(F)(F)c1ccc2n1CCN(C1CCC1)C21CCNCC1. The molecule has 1 N–H and O–H groups in total. The minimum atomic E-state index is -4.26. The first-order chi connectivity index (χ1) is 10.5. The summed E-state index contributed by atoms with van der Waals surface area (Å²) in [5.74, 6) is 0. The van der Waals surface area contributed by atoms with Crippen LogP contribution in [-0.2, 0) is 18.3 Å². The molecule has 0 radical (unpaired) electrons. The molecule has 1 spiro atoms. The average Bonchev–Trinajstić information content (AvgIpc) is 2.86. The molecule has 0 atom stereocenters. The van der Waals surface area contributed by atoms with Crippen molar-refractivity contribution >= 4 is 24.8 Å². The topological polar surface area (TPSA) is 20.2 Å². The summed E-state index contributed by atoms with van der Waals surface area (Å²) < 4.78 is 41.3. The largest absolute Gasteiger partial charge is 0.431 e. The quantitative estimate of drug-likeness (QED) is 0.793. The molecular weight excluding hydrogens is 362 g/mol. The Labute approximate surface area is 152 Å². The van der Waals surface area contributed by atoms with Crippen LogP contribution in [0, 0.1) is 0 Å². The van der Waals surface area contributed by atoms with Crippen molar-refractivity contribution in [2.24, 2.45) is 0 Å². The zero-order valence-corrected chi connectivity index (χ0v) is 15.1. The predicted molar refractivity (Wildman–Crippen MR) is 92.1 cm³/mol. The Bertz CT molecular complexity index is 563. The maximum absolute atomic E-state index is 13.3. The molecule has 3 heterocycles. The van der Waals surface area contributed by atoms with E-state index in [1.165, 1.54) is 25.3 Å². The van der Waals surface area contributed by atoms with Gasteiger partial charge in [-0.25, -0.2) is 0 Å². The first-order valence-electron chi connectivity index (χ1n) is 8.27. The standard InChI is InChI=1S/C16H22F3N3.2ClH/c17-16(18,19)14-5-4-13-15(6-8-20-9-7-15)22(11-10-21(13)14)12-2-1-3-12;;/h4-5,12,20H,1-3,6-11H2;2*1H. The maximum atomic E-state index is 13.3. The molecule has 1 aliphatic carbocycles. The Morgan fingerprint density at radius 1 is 1.04 bits per heavy atom. The molecule has 2 aliphatic heterocycles. The molecule has 138 valence electrons. The minimum absolute atomic E-state index is 0. The van der Waals surface area contributed by atoms with Crippen LogP contribution in [0.4, 0.5) is 13.2 Å². The molecule has 2 fully saturated rings. The van der Waals surface area contributed by atoms with Crippen LogP contribution in [0.2, 0.25) is 0 Å².